The molecular weight excluding hydrogens is 284 g/mol. The van der Waals surface area contributed by atoms with Crippen LogP contribution in [0.5, 0.6) is 5.75 Å². The van der Waals surface area contributed by atoms with E-state index in [-0.39, 0.29) is 0 Å². The van der Waals surface area contributed by atoms with Gasteiger partial charge in [-0.05, 0) is 18.2 Å². The molecule has 0 N–H and O–H groups in total. The molecule has 3 rings (SSSR count). The van der Waals surface area contributed by atoms with E-state index in [0.717, 1.165) is 54.5 Å². The highest BCUT2D eigenvalue weighted by atomic mass is 32.1. The second-order valence-corrected chi connectivity index (χ2v) is 5.91. The summed E-state index contributed by atoms with van der Waals surface area (Å²) in [6, 6.07) is 10.1. The maximum absolute atomic E-state index is 10.8. The molecule has 1 aliphatic heterocycles. The first kappa shape index (κ1) is 13.9. The maximum Gasteiger partial charge on any atom is 0.160 e. The highest BCUT2D eigenvalue weighted by molar-refractivity contribution is 7.12. The Balaban J connectivity index is 1.68. The number of aldehydes is 1. The lowest BCUT2D eigenvalue weighted by atomic mass is 10.2. The van der Waals surface area contributed by atoms with E-state index in [2.05, 4.69) is 21.2 Å². The molecule has 21 heavy (non-hydrogen) atoms. The van der Waals surface area contributed by atoms with Gasteiger partial charge >= 0.3 is 0 Å². The van der Waals surface area contributed by atoms with Gasteiger partial charge in [0, 0.05) is 37.2 Å². The molecule has 1 aromatic heterocycles. The fourth-order valence-electron chi connectivity index (χ4n) is 2.67. The van der Waals surface area contributed by atoms with E-state index in [1.165, 1.54) is 11.3 Å². The van der Waals surface area contributed by atoms with Crippen molar-refractivity contribution in [3.8, 4) is 5.75 Å². The number of carbonyl (C=O) groups excluding carboxylic acids is 1. The van der Waals surface area contributed by atoms with Gasteiger partial charge in [-0.25, -0.2) is 0 Å². The predicted octanol–water partition coefficient (Wildman–Crippen LogP) is 2.90. The van der Waals surface area contributed by atoms with E-state index in [0.29, 0.717) is 0 Å². The van der Waals surface area contributed by atoms with Crippen molar-refractivity contribution in [2.45, 2.75) is 0 Å². The van der Waals surface area contributed by atoms with Crippen molar-refractivity contribution in [2.24, 2.45) is 0 Å². The third-order valence-electron chi connectivity index (χ3n) is 3.79. The molecule has 4 nitrogen and oxygen atoms in total. The molecule has 0 saturated carbocycles. The quantitative estimate of drug-likeness (QED) is 0.813. The first-order chi connectivity index (χ1) is 10.3. The number of methoxy groups -OCH3 is 1. The normalized spacial score (nSPS) is 15.1. The average molecular weight is 302 g/mol. The second kappa shape index (κ2) is 6.18. The van der Waals surface area contributed by atoms with Gasteiger partial charge in [0.2, 0.25) is 0 Å². The van der Waals surface area contributed by atoms with Crippen LogP contribution in [0.3, 0.4) is 0 Å². The molecule has 0 radical (unpaired) electrons. The first-order valence-corrected chi connectivity index (χ1v) is 7.86. The fraction of sp³-hybridized carbons (Fsp3) is 0.312. The van der Waals surface area contributed by atoms with Crippen molar-refractivity contribution in [3.63, 3.8) is 0 Å². The minimum absolute atomic E-state index is 0.789. The summed E-state index contributed by atoms with van der Waals surface area (Å²) in [5.41, 5.74) is 2.31. The van der Waals surface area contributed by atoms with E-state index < -0.39 is 0 Å². The van der Waals surface area contributed by atoms with Gasteiger partial charge in [-0.3, -0.25) is 4.79 Å². The van der Waals surface area contributed by atoms with Gasteiger partial charge in [-0.15, -0.1) is 11.3 Å². The second-order valence-electron chi connectivity index (χ2n) is 4.97. The largest absolute Gasteiger partial charge is 0.495 e. The predicted molar refractivity (Wildman–Crippen MR) is 87.1 cm³/mol. The Morgan fingerprint density at radius 1 is 1.14 bits per heavy atom. The molecule has 0 aliphatic carbocycles. The van der Waals surface area contributed by atoms with Crippen LogP contribution >= 0.6 is 11.3 Å². The highest BCUT2D eigenvalue weighted by Gasteiger charge is 2.20. The van der Waals surface area contributed by atoms with Crippen molar-refractivity contribution in [3.05, 3.63) is 40.6 Å². The lowest BCUT2D eigenvalue weighted by molar-refractivity contribution is 0.112. The molecule has 0 spiro atoms. The standard InChI is InChI=1S/C16H18N2O2S/c1-20-16-5-3-2-4-15(16)18-8-6-17(7-9-18)13-10-14(11-19)21-12-13/h2-5,10-12H,6-9H2,1H3. The molecule has 0 bridgehead atoms. The Labute approximate surface area is 128 Å². The number of hydrogen-bond acceptors (Lipinski definition) is 5. The first-order valence-electron chi connectivity index (χ1n) is 6.98. The molecule has 1 aliphatic rings. The van der Waals surface area contributed by atoms with Crippen LogP contribution in [0.1, 0.15) is 9.67 Å². The van der Waals surface area contributed by atoms with E-state index in [4.69, 9.17) is 4.74 Å². The number of anilines is 2. The van der Waals surface area contributed by atoms with Crippen LogP contribution < -0.4 is 14.5 Å². The van der Waals surface area contributed by atoms with Crippen molar-refractivity contribution in [2.75, 3.05) is 43.1 Å². The number of ether oxygens (including phenoxy) is 1. The van der Waals surface area contributed by atoms with Crippen LogP contribution in [-0.2, 0) is 0 Å². The molecule has 110 valence electrons. The average Bonchev–Trinajstić information content (AvgIpc) is 3.04. The SMILES string of the molecule is COc1ccccc1N1CCN(c2csc(C=O)c2)CC1. The van der Waals surface area contributed by atoms with E-state index >= 15 is 0 Å². The summed E-state index contributed by atoms with van der Waals surface area (Å²) < 4.78 is 5.44. The van der Waals surface area contributed by atoms with Gasteiger partial charge in [0.15, 0.2) is 6.29 Å². The summed E-state index contributed by atoms with van der Waals surface area (Å²) in [6.07, 6.45) is 0.916. The number of rotatable bonds is 4. The van der Waals surface area contributed by atoms with Crippen LogP contribution in [0.25, 0.3) is 0 Å². The molecule has 2 aromatic rings. The van der Waals surface area contributed by atoms with Gasteiger partial charge in [0.25, 0.3) is 0 Å². The highest BCUT2D eigenvalue weighted by Crippen LogP contribution is 2.30. The Bertz CT molecular complexity index is 618. The number of hydrogen-bond donors (Lipinski definition) is 0. The number of thiophene rings is 1. The van der Waals surface area contributed by atoms with Crippen LogP contribution in [0.15, 0.2) is 35.7 Å². The Kier molecular flexibility index (Phi) is 4.10. The van der Waals surface area contributed by atoms with Gasteiger partial charge in [0.1, 0.15) is 5.75 Å². The van der Waals surface area contributed by atoms with Crippen molar-refractivity contribution >= 4 is 29.0 Å². The summed E-state index contributed by atoms with van der Waals surface area (Å²) in [5.74, 6) is 0.921. The molecule has 1 saturated heterocycles. The van der Waals surface area contributed by atoms with E-state index in [9.17, 15) is 4.79 Å². The Morgan fingerprint density at radius 3 is 2.52 bits per heavy atom. The van der Waals surface area contributed by atoms with Crippen LogP contribution in [0.4, 0.5) is 11.4 Å². The number of para-hydroxylation sites is 2. The Hall–Kier alpha value is -2.01. The van der Waals surface area contributed by atoms with Gasteiger partial charge in [-0.2, -0.15) is 0 Å². The van der Waals surface area contributed by atoms with Crippen LogP contribution in [-0.4, -0.2) is 39.6 Å². The topological polar surface area (TPSA) is 32.8 Å². The third kappa shape index (κ3) is 2.88. The molecule has 0 amide bonds. The van der Waals surface area contributed by atoms with Crippen molar-refractivity contribution < 1.29 is 9.53 Å². The summed E-state index contributed by atoms with van der Waals surface area (Å²) in [7, 11) is 1.71. The molecule has 0 unspecified atom stereocenters. The molecule has 2 heterocycles. The lowest BCUT2D eigenvalue weighted by Crippen LogP contribution is -2.46. The third-order valence-corrected chi connectivity index (χ3v) is 4.64. The monoisotopic (exact) mass is 302 g/mol. The number of benzene rings is 1. The van der Waals surface area contributed by atoms with Crippen molar-refractivity contribution in [1.29, 1.82) is 0 Å². The minimum atomic E-state index is 0.789. The smallest absolute Gasteiger partial charge is 0.160 e. The zero-order valence-electron chi connectivity index (χ0n) is 12.0. The zero-order chi connectivity index (χ0) is 14.7. The summed E-state index contributed by atoms with van der Waals surface area (Å²) in [4.78, 5) is 16.2. The van der Waals surface area contributed by atoms with Gasteiger partial charge in [0.05, 0.1) is 17.7 Å². The van der Waals surface area contributed by atoms with Crippen molar-refractivity contribution in [1.82, 2.24) is 0 Å². The van der Waals surface area contributed by atoms with E-state index in [1.807, 2.05) is 24.3 Å². The molecular formula is C16H18N2O2S. The summed E-state index contributed by atoms with van der Waals surface area (Å²) in [5, 5.41) is 2.06. The maximum atomic E-state index is 10.8. The van der Waals surface area contributed by atoms with Gasteiger partial charge in [-0.1, -0.05) is 12.1 Å². The lowest BCUT2D eigenvalue weighted by Gasteiger charge is -2.37. The zero-order valence-corrected chi connectivity index (χ0v) is 12.8. The summed E-state index contributed by atoms with van der Waals surface area (Å²) >= 11 is 1.50. The van der Waals surface area contributed by atoms with Gasteiger partial charge < -0.3 is 14.5 Å². The summed E-state index contributed by atoms with van der Waals surface area (Å²) in [6.45, 7) is 3.81. The van der Waals surface area contributed by atoms with Crippen LogP contribution in [0.2, 0.25) is 0 Å². The molecule has 1 aromatic carbocycles. The Morgan fingerprint density at radius 2 is 1.86 bits per heavy atom. The fourth-order valence-corrected chi connectivity index (χ4v) is 3.38. The minimum Gasteiger partial charge on any atom is -0.495 e. The number of nitrogens with zero attached hydrogens (tertiary/aromatic N) is 2. The number of piperazine rings is 1. The molecule has 0 atom stereocenters. The number of carbonyl (C=O) groups is 1. The molecule has 5 heteroatoms. The van der Waals surface area contributed by atoms with Crippen LogP contribution in [0, 0.1) is 0 Å². The van der Waals surface area contributed by atoms with E-state index in [1.54, 1.807) is 7.11 Å². The molecule has 1 fully saturated rings.